The molecule has 20 heavy (non-hydrogen) atoms. The molecule has 1 N–H and O–H groups in total. The van der Waals surface area contributed by atoms with E-state index >= 15 is 0 Å². The maximum atomic E-state index is 12.2. The lowest BCUT2D eigenvalue weighted by molar-refractivity contribution is -0.126. The third-order valence-electron chi connectivity index (χ3n) is 3.46. The molecule has 2 rings (SSSR count). The predicted molar refractivity (Wildman–Crippen MR) is 79.5 cm³/mol. The number of nitrogens with zero attached hydrogens (tertiary/aromatic N) is 2. The van der Waals surface area contributed by atoms with Gasteiger partial charge in [-0.05, 0) is 24.3 Å². The molecule has 3 amide bonds. The van der Waals surface area contributed by atoms with E-state index < -0.39 is 0 Å². The highest BCUT2D eigenvalue weighted by atomic mass is 32.1. The number of hydrogen-bond donors (Lipinski definition) is 1. The van der Waals surface area contributed by atoms with E-state index in [0.29, 0.717) is 13.1 Å². The summed E-state index contributed by atoms with van der Waals surface area (Å²) in [5, 5.41) is 4.96. The van der Waals surface area contributed by atoms with Gasteiger partial charge in [-0.3, -0.25) is 4.79 Å². The molecule has 1 atom stereocenters. The van der Waals surface area contributed by atoms with Crippen LogP contribution in [0.4, 0.5) is 4.79 Å². The number of amides is 3. The van der Waals surface area contributed by atoms with Crippen molar-refractivity contribution in [1.82, 2.24) is 15.1 Å². The van der Waals surface area contributed by atoms with Crippen LogP contribution in [0.2, 0.25) is 0 Å². The van der Waals surface area contributed by atoms with Gasteiger partial charge in [-0.25, -0.2) is 4.79 Å². The molecule has 5 nitrogen and oxygen atoms in total. The lowest BCUT2D eigenvalue weighted by Crippen LogP contribution is -2.48. The van der Waals surface area contributed by atoms with Gasteiger partial charge in [0.2, 0.25) is 5.91 Å². The van der Waals surface area contributed by atoms with Crippen LogP contribution in [0.1, 0.15) is 17.7 Å². The van der Waals surface area contributed by atoms with Crippen molar-refractivity contribution >= 4 is 23.3 Å². The lowest BCUT2D eigenvalue weighted by atomic mass is 9.97. The first kappa shape index (κ1) is 14.8. The van der Waals surface area contributed by atoms with E-state index in [-0.39, 0.29) is 17.9 Å². The van der Waals surface area contributed by atoms with Gasteiger partial charge >= 0.3 is 6.03 Å². The van der Waals surface area contributed by atoms with Gasteiger partial charge in [0.25, 0.3) is 0 Å². The Bertz CT molecular complexity index is 459. The highest BCUT2D eigenvalue weighted by molar-refractivity contribution is 7.09. The van der Waals surface area contributed by atoms with E-state index in [4.69, 9.17) is 0 Å². The Hall–Kier alpha value is -1.56. The molecule has 1 aliphatic rings. The van der Waals surface area contributed by atoms with Crippen molar-refractivity contribution in [1.29, 1.82) is 0 Å². The number of piperidine rings is 1. The molecule has 1 aliphatic heterocycles. The van der Waals surface area contributed by atoms with E-state index in [1.807, 2.05) is 17.5 Å². The van der Waals surface area contributed by atoms with E-state index in [1.54, 1.807) is 35.2 Å². The molecule has 1 saturated heterocycles. The van der Waals surface area contributed by atoms with E-state index in [1.165, 1.54) is 0 Å². The van der Waals surface area contributed by atoms with Crippen LogP contribution in [-0.4, -0.2) is 48.9 Å². The molecule has 0 bridgehead atoms. The summed E-state index contributed by atoms with van der Waals surface area (Å²) >= 11 is 1.63. The monoisotopic (exact) mass is 295 g/mol. The lowest BCUT2D eigenvalue weighted by Gasteiger charge is -2.33. The van der Waals surface area contributed by atoms with E-state index in [2.05, 4.69) is 5.32 Å². The number of rotatable bonds is 3. The van der Waals surface area contributed by atoms with Crippen LogP contribution in [0.5, 0.6) is 0 Å². The van der Waals surface area contributed by atoms with Crippen molar-refractivity contribution in [2.45, 2.75) is 19.4 Å². The second-order valence-electron chi connectivity index (χ2n) is 5.26. The van der Waals surface area contributed by atoms with E-state index in [0.717, 1.165) is 24.3 Å². The van der Waals surface area contributed by atoms with Gasteiger partial charge in [0.1, 0.15) is 0 Å². The molecule has 0 unspecified atom stereocenters. The molecular formula is C14H21N3O2S. The topological polar surface area (TPSA) is 52.7 Å². The van der Waals surface area contributed by atoms with Crippen LogP contribution >= 0.6 is 11.3 Å². The molecule has 6 heteroatoms. The first-order valence-electron chi connectivity index (χ1n) is 6.84. The highest BCUT2D eigenvalue weighted by Crippen LogP contribution is 2.18. The van der Waals surface area contributed by atoms with Crippen molar-refractivity contribution in [2.24, 2.45) is 5.92 Å². The summed E-state index contributed by atoms with van der Waals surface area (Å²) in [6.07, 6.45) is 1.74. The third kappa shape index (κ3) is 3.72. The number of carbonyl (C=O) groups is 2. The van der Waals surface area contributed by atoms with Gasteiger partial charge in [0.15, 0.2) is 0 Å². The van der Waals surface area contributed by atoms with Gasteiger partial charge in [0.05, 0.1) is 12.5 Å². The molecule has 1 aromatic rings. The van der Waals surface area contributed by atoms with Crippen LogP contribution < -0.4 is 5.32 Å². The molecule has 110 valence electrons. The molecule has 0 saturated carbocycles. The smallest absolute Gasteiger partial charge is 0.319 e. The Morgan fingerprint density at radius 3 is 2.95 bits per heavy atom. The fourth-order valence-corrected chi connectivity index (χ4v) is 3.02. The summed E-state index contributed by atoms with van der Waals surface area (Å²) in [5.41, 5.74) is 0. The van der Waals surface area contributed by atoms with Gasteiger partial charge in [-0.15, -0.1) is 11.3 Å². The molecule has 2 heterocycles. The van der Waals surface area contributed by atoms with Gasteiger partial charge in [-0.2, -0.15) is 0 Å². The normalized spacial score (nSPS) is 18.7. The highest BCUT2D eigenvalue weighted by Gasteiger charge is 2.28. The minimum Gasteiger partial charge on any atom is -0.351 e. The molecule has 0 aromatic carbocycles. The van der Waals surface area contributed by atoms with Crippen molar-refractivity contribution in [3.05, 3.63) is 22.4 Å². The van der Waals surface area contributed by atoms with E-state index in [9.17, 15) is 9.59 Å². The zero-order chi connectivity index (χ0) is 14.5. The number of urea groups is 1. The number of thiophene rings is 1. The van der Waals surface area contributed by atoms with Gasteiger partial charge in [-0.1, -0.05) is 6.07 Å². The fraction of sp³-hybridized carbons (Fsp3) is 0.571. The Labute approximate surface area is 123 Å². The zero-order valence-corrected chi connectivity index (χ0v) is 12.8. The second-order valence-corrected chi connectivity index (χ2v) is 6.29. The summed E-state index contributed by atoms with van der Waals surface area (Å²) in [4.78, 5) is 28.6. The minimum absolute atomic E-state index is 0.0132. The summed E-state index contributed by atoms with van der Waals surface area (Å²) < 4.78 is 0. The van der Waals surface area contributed by atoms with Crippen molar-refractivity contribution in [3.63, 3.8) is 0 Å². The summed E-state index contributed by atoms with van der Waals surface area (Å²) in [5.74, 6) is -0.0396. The van der Waals surface area contributed by atoms with Crippen LogP contribution in [0.3, 0.4) is 0 Å². The SMILES string of the molecule is CN(C)C(=O)N1CCC[C@H](C(=O)NCc2cccs2)C1. The molecular weight excluding hydrogens is 274 g/mol. The fourth-order valence-electron chi connectivity index (χ4n) is 2.38. The number of likely N-dealkylation sites (tertiary alicyclic amines) is 1. The maximum absolute atomic E-state index is 12.2. The third-order valence-corrected chi connectivity index (χ3v) is 4.34. The van der Waals surface area contributed by atoms with Gasteiger partial charge < -0.3 is 15.1 Å². The molecule has 0 aliphatic carbocycles. The molecule has 1 aromatic heterocycles. The first-order chi connectivity index (χ1) is 9.58. The Balaban J connectivity index is 1.85. The van der Waals surface area contributed by atoms with Crippen molar-refractivity contribution < 1.29 is 9.59 Å². The first-order valence-corrected chi connectivity index (χ1v) is 7.72. The predicted octanol–water partition coefficient (Wildman–Crippen LogP) is 1.76. The van der Waals surface area contributed by atoms with Crippen LogP contribution in [0, 0.1) is 5.92 Å². The van der Waals surface area contributed by atoms with Crippen LogP contribution in [-0.2, 0) is 11.3 Å². The Morgan fingerprint density at radius 2 is 2.30 bits per heavy atom. The number of nitrogens with one attached hydrogen (secondary N) is 1. The van der Waals surface area contributed by atoms with Crippen LogP contribution in [0.25, 0.3) is 0 Å². The largest absolute Gasteiger partial charge is 0.351 e. The molecule has 0 spiro atoms. The quantitative estimate of drug-likeness (QED) is 0.924. The van der Waals surface area contributed by atoms with Crippen LogP contribution in [0.15, 0.2) is 17.5 Å². The van der Waals surface area contributed by atoms with Gasteiger partial charge in [0, 0.05) is 32.1 Å². The maximum Gasteiger partial charge on any atom is 0.319 e. The minimum atomic E-state index is -0.0902. The number of carbonyl (C=O) groups excluding carboxylic acids is 2. The summed E-state index contributed by atoms with van der Waals surface area (Å²) in [6, 6.07) is 3.97. The average molecular weight is 295 g/mol. The Morgan fingerprint density at radius 1 is 1.50 bits per heavy atom. The Kier molecular flexibility index (Phi) is 5.00. The molecule has 0 radical (unpaired) electrons. The number of hydrogen-bond acceptors (Lipinski definition) is 3. The second kappa shape index (κ2) is 6.74. The van der Waals surface area contributed by atoms with Crippen molar-refractivity contribution in [3.8, 4) is 0 Å². The van der Waals surface area contributed by atoms with Crippen molar-refractivity contribution in [2.75, 3.05) is 27.2 Å². The summed E-state index contributed by atoms with van der Waals surface area (Å²) in [7, 11) is 3.48. The average Bonchev–Trinajstić information content (AvgIpc) is 2.97. The zero-order valence-electron chi connectivity index (χ0n) is 12.0. The molecule has 1 fully saturated rings. The summed E-state index contributed by atoms with van der Waals surface area (Å²) in [6.45, 7) is 1.84. The standard InChI is InChI=1S/C14H21N3O2S/c1-16(2)14(19)17-7-3-5-11(10-17)13(18)15-9-12-6-4-8-20-12/h4,6,8,11H,3,5,7,9-10H2,1-2H3,(H,15,18)/t11-/m0/s1.